The summed E-state index contributed by atoms with van der Waals surface area (Å²) in [7, 11) is 0. The molecule has 4 unspecified atom stereocenters. The van der Waals surface area contributed by atoms with E-state index in [4.69, 9.17) is 9.47 Å². The number of esters is 2. The maximum Gasteiger partial charge on any atom is 0.308 e. The van der Waals surface area contributed by atoms with Gasteiger partial charge in [0.2, 0.25) is 0 Å². The van der Waals surface area contributed by atoms with Crippen molar-refractivity contribution in [3.05, 3.63) is 0 Å². The Hall–Kier alpha value is -1.06. The number of ether oxygens (including phenoxy) is 2. The molecule has 0 aliphatic heterocycles. The second-order valence-corrected chi connectivity index (χ2v) is 8.13. The smallest absolute Gasteiger partial charge is 0.308 e. The maximum absolute atomic E-state index is 12.1. The van der Waals surface area contributed by atoms with Gasteiger partial charge in [0.05, 0.1) is 25.0 Å². The lowest BCUT2D eigenvalue weighted by atomic mass is 9.91. The van der Waals surface area contributed by atoms with Gasteiger partial charge in [-0.05, 0) is 31.1 Å². The molecule has 0 bridgehead atoms. The van der Waals surface area contributed by atoms with Crippen molar-refractivity contribution >= 4 is 11.9 Å². The minimum Gasteiger partial charge on any atom is -0.465 e. The first-order chi connectivity index (χ1) is 12.9. The van der Waals surface area contributed by atoms with Gasteiger partial charge in [0, 0.05) is 0 Å². The van der Waals surface area contributed by atoms with E-state index in [0.717, 1.165) is 57.8 Å². The Morgan fingerprint density at radius 2 is 1.07 bits per heavy atom. The van der Waals surface area contributed by atoms with Gasteiger partial charge in [-0.15, -0.1) is 0 Å². The van der Waals surface area contributed by atoms with Crippen LogP contribution in [0.15, 0.2) is 0 Å². The highest BCUT2D eigenvalue weighted by atomic mass is 16.5. The monoisotopic (exact) mass is 384 g/mol. The third-order valence-corrected chi connectivity index (χ3v) is 5.53. The van der Waals surface area contributed by atoms with Crippen molar-refractivity contribution < 1.29 is 19.1 Å². The molecule has 0 spiro atoms. The normalized spacial score (nSPS) is 15.6. The van der Waals surface area contributed by atoms with Gasteiger partial charge >= 0.3 is 11.9 Å². The van der Waals surface area contributed by atoms with Crippen molar-refractivity contribution in [1.82, 2.24) is 0 Å². The van der Waals surface area contributed by atoms with Crippen molar-refractivity contribution in [1.29, 1.82) is 0 Å². The number of hydrogen-bond acceptors (Lipinski definition) is 4. The molecule has 0 aromatic rings. The molecule has 0 aromatic heterocycles. The fraction of sp³-hybridized carbons (Fsp3) is 0.913. The number of carbonyl (C=O) groups excluding carboxylic acids is 2. The Morgan fingerprint density at radius 3 is 1.37 bits per heavy atom. The van der Waals surface area contributed by atoms with E-state index < -0.39 is 0 Å². The van der Waals surface area contributed by atoms with E-state index >= 15 is 0 Å². The minimum atomic E-state index is -0.0777. The highest BCUT2D eigenvalue weighted by Gasteiger charge is 2.21. The van der Waals surface area contributed by atoms with Crippen LogP contribution in [0.4, 0.5) is 0 Å². The average molecular weight is 385 g/mol. The fourth-order valence-corrected chi connectivity index (χ4v) is 3.12. The quantitative estimate of drug-likeness (QED) is 0.299. The molecule has 0 aliphatic carbocycles. The largest absolute Gasteiger partial charge is 0.465 e. The number of carbonyl (C=O) groups is 2. The summed E-state index contributed by atoms with van der Waals surface area (Å²) in [5.74, 6) is 0.462. The van der Waals surface area contributed by atoms with Crippen LogP contribution in [0.2, 0.25) is 0 Å². The first-order valence-electron chi connectivity index (χ1n) is 11.2. The van der Waals surface area contributed by atoms with Gasteiger partial charge in [-0.2, -0.15) is 0 Å². The lowest BCUT2D eigenvalue weighted by Gasteiger charge is -2.23. The SMILES string of the molecule is CCCCC(C)C(=O)OCC(CC)CC(CC)COC(=O)C(C)CCCC. The van der Waals surface area contributed by atoms with Crippen LogP contribution in [0.3, 0.4) is 0 Å². The van der Waals surface area contributed by atoms with Crippen LogP contribution in [-0.2, 0) is 19.1 Å². The van der Waals surface area contributed by atoms with Crippen LogP contribution in [0.1, 0.15) is 99.3 Å². The van der Waals surface area contributed by atoms with Crippen molar-refractivity contribution in [2.45, 2.75) is 99.3 Å². The summed E-state index contributed by atoms with van der Waals surface area (Å²) in [6.45, 7) is 13.4. The van der Waals surface area contributed by atoms with Gasteiger partial charge in [0.25, 0.3) is 0 Å². The first kappa shape index (κ1) is 25.9. The third kappa shape index (κ3) is 12.1. The summed E-state index contributed by atoms with van der Waals surface area (Å²) >= 11 is 0. The van der Waals surface area contributed by atoms with Gasteiger partial charge in [0.1, 0.15) is 0 Å². The Balaban J connectivity index is 4.31. The lowest BCUT2D eigenvalue weighted by molar-refractivity contribution is -0.150. The van der Waals surface area contributed by atoms with Gasteiger partial charge in [-0.25, -0.2) is 0 Å². The van der Waals surface area contributed by atoms with Crippen LogP contribution in [0.25, 0.3) is 0 Å². The summed E-state index contributed by atoms with van der Waals surface area (Å²) in [6.07, 6.45) is 8.99. The standard InChI is InChI=1S/C23H44O4/c1-7-11-13-18(5)22(24)26-16-20(9-3)15-21(10-4)17-27-23(25)19(6)14-12-8-2/h18-21H,7-17H2,1-6H3. The Labute approximate surface area is 167 Å². The predicted molar refractivity (Wildman–Crippen MR) is 111 cm³/mol. The topological polar surface area (TPSA) is 52.6 Å². The number of rotatable bonds is 16. The van der Waals surface area contributed by atoms with E-state index in [0.29, 0.717) is 25.0 Å². The molecular formula is C23H44O4. The molecule has 0 saturated heterocycles. The molecule has 4 atom stereocenters. The molecule has 0 amide bonds. The zero-order valence-electron chi connectivity index (χ0n) is 18.7. The Bertz CT molecular complexity index is 358. The molecule has 4 heteroatoms. The maximum atomic E-state index is 12.1. The molecule has 0 saturated carbocycles. The molecular weight excluding hydrogens is 340 g/mol. The Kier molecular flexibility index (Phi) is 15.3. The zero-order chi connectivity index (χ0) is 20.7. The molecule has 0 aromatic carbocycles. The zero-order valence-corrected chi connectivity index (χ0v) is 18.7. The van der Waals surface area contributed by atoms with E-state index in [9.17, 15) is 9.59 Å². The predicted octanol–water partition coefficient (Wildman–Crippen LogP) is 6.17. The van der Waals surface area contributed by atoms with Crippen LogP contribution in [0, 0.1) is 23.7 Å². The molecule has 0 rings (SSSR count). The molecule has 4 nitrogen and oxygen atoms in total. The highest BCUT2D eigenvalue weighted by Crippen LogP contribution is 2.21. The average Bonchev–Trinajstić information content (AvgIpc) is 2.68. The van der Waals surface area contributed by atoms with Crippen molar-refractivity contribution in [3.8, 4) is 0 Å². The second-order valence-electron chi connectivity index (χ2n) is 8.13. The Morgan fingerprint density at radius 1 is 0.704 bits per heavy atom. The molecule has 27 heavy (non-hydrogen) atoms. The van der Waals surface area contributed by atoms with Crippen LogP contribution in [-0.4, -0.2) is 25.2 Å². The summed E-state index contributed by atoms with van der Waals surface area (Å²) in [6, 6.07) is 0. The molecule has 0 fully saturated rings. The van der Waals surface area contributed by atoms with E-state index in [1.165, 1.54) is 0 Å². The minimum absolute atomic E-state index is 0.0185. The van der Waals surface area contributed by atoms with E-state index in [2.05, 4.69) is 27.7 Å². The number of hydrogen-bond donors (Lipinski definition) is 0. The van der Waals surface area contributed by atoms with E-state index in [-0.39, 0.29) is 23.8 Å². The summed E-state index contributed by atoms with van der Waals surface area (Å²) in [5, 5.41) is 0. The summed E-state index contributed by atoms with van der Waals surface area (Å²) in [4.78, 5) is 24.2. The third-order valence-electron chi connectivity index (χ3n) is 5.53. The molecule has 0 aliphatic rings. The van der Waals surface area contributed by atoms with Crippen molar-refractivity contribution in [3.63, 3.8) is 0 Å². The van der Waals surface area contributed by atoms with Gasteiger partial charge < -0.3 is 9.47 Å². The second kappa shape index (κ2) is 15.9. The van der Waals surface area contributed by atoms with Crippen molar-refractivity contribution in [2.24, 2.45) is 23.7 Å². The molecule has 160 valence electrons. The molecule has 0 radical (unpaired) electrons. The summed E-state index contributed by atoms with van der Waals surface area (Å²) in [5.41, 5.74) is 0. The van der Waals surface area contributed by atoms with E-state index in [1.807, 2.05) is 13.8 Å². The highest BCUT2D eigenvalue weighted by molar-refractivity contribution is 5.72. The van der Waals surface area contributed by atoms with Gasteiger partial charge in [-0.3, -0.25) is 9.59 Å². The van der Waals surface area contributed by atoms with Crippen LogP contribution < -0.4 is 0 Å². The molecule has 0 N–H and O–H groups in total. The van der Waals surface area contributed by atoms with Crippen LogP contribution in [0.5, 0.6) is 0 Å². The van der Waals surface area contributed by atoms with Gasteiger partial charge in [-0.1, -0.05) is 80.1 Å². The van der Waals surface area contributed by atoms with Crippen molar-refractivity contribution in [2.75, 3.05) is 13.2 Å². The number of unbranched alkanes of at least 4 members (excludes halogenated alkanes) is 2. The van der Waals surface area contributed by atoms with Crippen LogP contribution >= 0.6 is 0 Å². The van der Waals surface area contributed by atoms with Gasteiger partial charge in [0.15, 0.2) is 0 Å². The summed E-state index contributed by atoms with van der Waals surface area (Å²) < 4.78 is 11.1. The van der Waals surface area contributed by atoms with E-state index in [1.54, 1.807) is 0 Å². The fourth-order valence-electron chi connectivity index (χ4n) is 3.12. The first-order valence-corrected chi connectivity index (χ1v) is 11.2. The lowest BCUT2D eigenvalue weighted by Crippen LogP contribution is -2.24. The molecule has 0 heterocycles.